The molecule has 0 aromatic heterocycles. The van der Waals surface area contributed by atoms with Gasteiger partial charge >= 0.3 is 0 Å². The molecular formula is C28H29O2P. The Morgan fingerprint density at radius 1 is 0.935 bits per heavy atom. The summed E-state index contributed by atoms with van der Waals surface area (Å²) in [7, 11) is 2.15. The molecule has 31 heavy (non-hydrogen) atoms. The van der Waals surface area contributed by atoms with Crippen LogP contribution < -0.4 is 15.3 Å². The van der Waals surface area contributed by atoms with E-state index in [4.69, 9.17) is 4.74 Å². The van der Waals surface area contributed by atoms with Crippen molar-refractivity contribution in [1.29, 1.82) is 0 Å². The molecular weight excluding hydrogens is 399 g/mol. The predicted octanol–water partition coefficient (Wildman–Crippen LogP) is 5.49. The number of ether oxygens (including phenoxy) is 1. The second-order valence-electron chi connectivity index (χ2n) is 8.19. The van der Waals surface area contributed by atoms with Crippen molar-refractivity contribution in [2.45, 2.75) is 25.7 Å². The molecule has 2 aromatic carbocycles. The first-order chi connectivity index (χ1) is 15.3. The number of aldehydes is 1. The van der Waals surface area contributed by atoms with Crippen LogP contribution in [0.5, 0.6) is 5.75 Å². The molecule has 0 saturated carbocycles. The van der Waals surface area contributed by atoms with Crippen LogP contribution in [0.15, 0.2) is 85.0 Å². The Labute approximate surface area is 187 Å². The first-order valence-electron chi connectivity index (χ1n) is 10.9. The maximum atomic E-state index is 11.6. The second-order valence-corrected chi connectivity index (χ2v) is 9.52. The first kappa shape index (κ1) is 21.5. The summed E-state index contributed by atoms with van der Waals surface area (Å²) in [5.74, 6) is 2.00. The third kappa shape index (κ3) is 5.51. The smallest absolute Gasteiger partial charge is 0.150 e. The third-order valence-electron chi connectivity index (χ3n) is 5.91. The molecule has 158 valence electrons. The van der Waals surface area contributed by atoms with Gasteiger partial charge in [0, 0.05) is 10.9 Å². The number of carbonyl (C=O) groups excluding carboxylic acids is 1. The lowest BCUT2D eigenvalue weighted by Crippen LogP contribution is -2.15. The minimum absolute atomic E-state index is 0.385. The highest BCUT2D eigenvalue weighted by Gasteiger charge is 2.18. The van der Waals surface area contributed by atoms with Crippen molar-refractivity contribution in [3.8, 4) is 5.75 Å². The number of hydrogen-bond donors (Lipinski definition) is 0. The van der Waals surface area contributed by atoms with Gasteiger partial charge in [0.1, 0.15) is 5.75 Å². The topological polar surface area (TPSA) is 26.3 Å². The van der Waals surface area contributed by atoms with Gasteiger partial charge in [0.15, 0.2) is 6.29 Å². The van der Waals surface area contributed by atoms with Crippen LogP contribution in [0, 0.1) is 11.8 Å². The van der Waals surface area contributed by atoms with Gasteiger partial charge in [0.25, 0.3) is 0 Å². The maximum absolute atomic E-state index is 11.6. The predicted molar refractivity (Wildman–Crippen MR) is 133 cm³/mol. The molecule has 2 nitrogen and oxygen atoms in total. The summed E-state index contributed by atoms with van der Waals surface area (Å²) in [5, 5.41) is 2.26. The number of methoxy groups -OCH3 is 1. The highest BCUT2D eigenvalue weighted by molar-refractivity contribution is 7.56. The molecule has 0 N–H and O–H groups in total. The van der Waals surface area contributed by atoms with Gasteiger partial charge in [0.2, 0.25) is 0 Å². The van der Waals surface area contributed by atoms with Crippen LogP contribution in [-0.2, 0) is 12.8 Å². The maximum Gasteiger partial charge on any atom is 0.150 e. The second kappa shape index (κ2) is 10.6. The van der Waals surface area contributed by atoms with Crippen molar-refractivity contribution in [3.05, 3.63) is 102 Å². The minimum atomic E-state index is 0.385. The summed E-state index contributed by atoms with van der Waals surface area (Å²) in [4.78, 5) is 11.6. The molecule has 4 rings (SSSR count). The Hall–Kier alpha value is -2.70. The molecule has 0 amide bonds. The monoisotopic (exact) mass is 428 g/mol. The van der Waals surface area contributed by atoms with E-state index in [1.807, 2.05) is 18.2 Å². The van der Waals surface area contributed by atoms with E-state index < -0.39 is 0 Å². The van der Waals surface area contributed by atoms with Crippen LogP contribution in [0.3, 0.4) is 0 Å². The largest absolute Gasteiger partial charge is 0.496 e. The summed E-state index contributed by atoms with van der Waals surface area (Å²) in [5.41, 5.74) is 3.38. The van der Waals surface area contributed by atoms with Crippen molar-refractivity contribution >= 4 is 25.5 Å². The lowest BCUT2D eigenvalue weighted by atomic mass is 9.89. The molecule has 2 aliphatic carbocycles. The van der Waals surface area contributed by atoms with Crippen LogP contribution in [0.1, 0.15) is 34.3 Å². The fraction of sp³-hybridized carbons (Fsp3) is 0.250. The van der Waals surface area contributed by atoms with Gasteiger partial charge in [-0.2, -0.15) is 0 Å². The van der Waals surface area contributed by atoms with Crippen LogP contribution in [-0.4, -0.2) is 13.4 Å². The van der Waals surface area contributed by atoms with Gasteiger partial charge in [-0.1, -0.05) is 87.5 Å². The highest BCUT2D eigenvalue weighted by atomic mass is 31.1. The first-order valence-corrected chi connectivity index (χ1v) is 11.9. The van der Waals surface area contributed by atoms with Gasteiger partial charge in [0.05, 0.1) is 7.11 Å². The van der Waals surface area contributed by atoms with Gasteiger partial charge in [-0.3, -0.25) is 4.79 Å². The van der Waals surface area contributed by atoms with Gasteiger partial charge in [-0.15, -0.1) is 0 Å². The van der Waals surface area contributed by atoms with Crippen molar-refractivity contribution in [2.24, 2.45) is 11.8 Å². The summed E-state index contributed by atoms with van der Waals surface area (Å²) >= 11 is 0. The zero-order valence-corrected chi connectivity index (χ0v) is 19.0. The van der Waals surface area contributed by atoms with E-state index in [9.17, 15) is 4.79 Å². The molecule has 0 saturated heterocycles. The minimum Gasteiger partial charge on any atom is -0.496 e. The Morgan fingerprint density at radius 2 is 1.65 bits per heavy atom. The standard InChI is InChI=1S/C28H29O2P/c1-30-28-25(17-22-12-6-3-7-13-22)18-23(16-21-10-4-2-5-11-21)19-27(28)31-26-15-9-8-14-24(26)20-29/h2-10,12,14-15,18-22,31H,11,13,16-17H2,1H3. The van der Waals surface area contributed by atoms with Crippen LogP contribution >= 0.6 is 8.58 Å². The summed E-state index contributed by atoms with van der Waals surface area (Å²) < 4.78 is 5.96. The van der Waals surface area contributed by atoms with Crippen molar-refractivity contribution in [2.75, 3.05) is 7.11 Å². The van der Waals surface area contributed by atoms with E-state index >= 15 is 0 Å². The lowest BCUT2D eigenvalue weighted by Gasteiger charge is -2.21. The molecule has 2 aromatic rings. The zero-order chi connectivity index (χ0) is 21.5. The van der Waals surface area contributed by atoms with Crippen LogP contribution in [0.4, 0.5) is 0 Å². The van der Waals surface area contributed by atoms with E-state index in [1.165, 1.54) is 16.4 Å². The van der Waals surface area contributed by atoms with Crippen molar-refractivity contribution < 1.29 is 9.53 Å². The van der Waals surface area contributed by atoms with E-state index in [2.05, 4.69) is 66.8 Å². The SMILES string of the molecule is COc1c(CC2C=CC=CC2)cc(CC2C=CC=CC2)cc1Pc1ccccc1C=O. The molecule has 3 atom stereocenters. The van der Waals surface area contributed by atoms with E-state index in [0.29, 0.717) is 20.4 Å². The van der Waals surface area contributed by atoms with Gasteiger partial charge in [-0.05, 0) is 60.0 Å². The Kier molecular flexibility index (Phi) is 7.33. The molecule has 0 aliphatic heterocycles. The quantitative estimate of drug-likeness (QED) is 0.411. The number of hydrogen-bond acceptors (Lipinski definition) is 2. The highest BCUT2D eigenvalue weighted by Crippen LogP contribution is 2.31. The normalized spacial score (nSPS) is 19.9. The van der Waals surface area contributed by atoms with E-state index in [-0.39, 0.29) is 0 Å². The van der Waals surface area contributed by atoms with Gasteiger partial charge in [-0.25, -0.2) is 0 Å². The Bertz CT molecular complexity index is 1040. The number of allylic oxidation sites excluding steroid dienone is 8. The molecule has 3 unspecified atom stereocenters. The van der Waals surface area contributed by atoms with Crippen LogP contribution in [0.25, 0.3) is 0 Å². The molecule has 0 spiro atoms. The molecule has 2 aliphatic rings. The van der Waals surface area contributed by atoms with E-state index in [1.54, 1.807) is 7.11 Å². The molecule has 0 fully saturated rings. The van der Waals surface area contributed by atoms with Gasteiger partial charge < -0.3 is 4.74 Å². The average Bonchev–Trinajstić information content (AvgIpc) is 2.81. The summed E-state index contributed by atoms with van der Waals surface area (Å²) in [6.07, 6.45) is 22.7. The Morgan fingerprint density at radius 3 is 2.29 bits per heavy atom. The zero-order valence-electron chi connectivity index (χ0n) is 18.0. The summed E-state index contributed by atoms with van der Waals surface area (Å²) in [6, 6.07) is 12.5. The molecule has 3 heteroatoms. The fourth-order valence-electron chi connectivity index (χ4n) is 4.37. The lowest BCUT2D eigenvalue weighted by molar-refractivity contribution is 0.112. The number of rotatable bonds is 8. The van der Waals surface area contributed by atoms with Crippen molar-refractivity contribution in [1.82, 2.24) is 0 Å². The van der Waals surface area contributed by atoms with Crippen molar-refractivity contribution in [3.63, 3.8) is 0 Å². The third-order valence-corrected chi connectivity index (χ3v) is 7.27. The molecule has 0 radical (unpaired) electrons. The summed E-state index contributed by atoms with van der Waals surface area (Å²) in [6.45, 7) is 0. The molecule has 0 heterocycles. The van der Waals surface area contributed by atoms with Crippen LogP contribution in [0.2, 0.25) is 0 Å². The number of benzene rings is 2. The Balaban J connectivity index is 1.70. The fourth-order valence-corrected chi connectivity index (χ4v) is 5.76. The molecule has 0 bridgehead atoms. The average molecular weight is 429 g/mol. The number of carbonyl (C=O) groups is 1. The van der Waals surface area contributed by atoms with E-state index in [0.717, 1.165) is 48.6 Å².